The van der Waals surface area contributed by atoms with Crippen molar-refractivity contribution in [3.63, 3.8) is 0 Å². The smallest absolute Gasteiger partial charge is 0.263 e. The van der Waals surface area contributed by atoms with Gasteiger partial charge in [0.05, 0.1) is 12.8 Å². The van der Waals surface area contributed by atoms with Crippen LogP contribution in [0.5, 0.6) is 5.75 Å². The van der Waals surface area contributed by atoms with Crippen molar-refractivity contribution in [2.75, 3.05) is 7.11 Å². The molecule has 0 bridgehead atoms. The Kier molecular flexibility index (Phi) is 3.85. The molecular formula is C16H17BrN2O2. The second-order valence-corrected chi connectivity index (χ2v) is 6.40. The SMILES string of the molecule is COc1c(CC2CC2)cn(C)c(=O)c1-c1ccc(Br)cn1. The predicted octanol–water partition coefficient (Wildman–Crippen LogP) is 3.17. The Hall–Kier alpha value is -1.62. The van der Waals surface area contributed by atoms with Crippen LogP contribution in [0.25, 0.3) is 11.3 Å². The zero-order chi connectivity index (χ0) is 15.0. The van der Waals surface area contributed by atoms with E-state index in [1.54, 1.807) is 24.9 Å². The highest BCUT2D eigenvalue weighted by Gasteiger charge is 2.26. The molecule has 5 heteroatoms. The van der Waals surface area contributed by atoms with E-state index in [0.29, 0.717) is 17.0 Å². The minimum absolute atomic E-state index is 0.0822. The molecule has 1 fully saturated rings. The van der Waals surface area contributed by atoms with Crippen LogP contribution in [0.2, 0.25) is 0 Å². The van der Waals surface area contributed by atoms with Crippen molar-refractivity contribution >= 4 is 15.9 Å². The number of halogens is 1. The maximum atomic E-state index is 12.5. The zero-order valence-corrected chi connectivity index (χ0v) is 13.7. The summed E-state index contributed by atoms with van der Waals surface area (Å²) < 4.78 is 8.07. The molecule has 0 N–H and O–H groups in total. The molecule has 0 aromatic carbocycles. The molecule has 2 heterocycles. The van der Waals surface area contributed by atoms with Gasteiger partial charge < -0.3 is 9.30 Å². The van der Waals surface area contributed by atoms with Gasteiger partial charge in [-0.15, -0.1) is 0 Å². The first kappa shape index (κ1) is 14.3. The summed E-state index contributed by atoms with van der Waals surface area (Å²) in [5, 5.41) is 0. The number of pyridine rings is 2. The molecule has 110 valence electrons. The average molecular weight is 349 g/mol. The minimum Gasteiger partial charge on any atom is -0.495 e. The van der Waals surface area contributed by atoms with Crippen molar-refractivity contribution in [1.82, 2.24) is 9.55 Å². The topological polar surface area (TPSA) is 44.1 Å². The summed E-state index contributed by atoms with van der Waals surface area (Å²) in [6, 6.07) is 3.72. The number of ether oxygens (including phenoxy) is 1. The molecule has 1 saturated carbocycles. The van der Waals surface area contributed by atoms with Gasteiger partial charge in [0.1, 0.15) is 11.3 Å². The van der Waals surface area contributed by atoms with Gasteiger partial charge in [0.2, 0.25) is 0 Å². The lowest BCUT2D eigenvalue weighted by atomic mass is 10.0. The van der Waals surface area contributed by atoms with Crippen LogP contribution in [-0.4, -0.2) is 16.7 Å². The van der Waals surface area contributed by atoms with Gasteiger partial charge >= 0.3 is 0 Å². The van der Waals surface area contributed by atoms with Crippen molar-refractivity contribution in [1.29, 1.82) is 0 Å². The van der Waals surface area contributed by atoms with Crippen molar-refractivity contribution in [2.24, 2.45) is 13.0 Å². The minimum atomic E-state index is -0.0822. The zero-order valence-electron chi connectivity index (χ0n) is 12.1. The molecule has 0 aliphatic heterocycles. The highest BCUT2D eigenvalue weighted by atomic mass is 79.9. The van der Waals surface area contributed by atoms with Gasteiger partial charge in [0, 0.05) is 29.5 Å². The molecule has 1 aliphatic carbocycles. The molecule has 0 atom stereocenters. The summed E-state index contributed by atoms with van der Waals surface area (Å²) in [6.45, 7) is 0. The quantitative estimate of drug-likeness (QED) is 0.852. The largest absolute Gasteiger partial charge is 0.495 e. The molecular weight excluding hydrogens is 332 g/mol. The van der Waals surface area contributed by atoms with E-state index in [-0.39, 0.29) is 5.56 Å². The Labute approximate surface area is 131 Å². The van der Waals surface area contributed by atoms with Gasteiger partial charge in [0.25, 0.3) is 5.56 Å². The Morgan fingerprint density at radius 3 is 2.76 bits per heavy atom. The summed E-state index contributed by atoms with van der Waals surface area (Å²) in [5.41, 5.74) is 2.20. The molecule has 0 spiro atoms. The molecule has 4 nitrogen and oxygen atoms in total. The van der Waals surface area contributed by atoms with E-state index in [9.17, 15) is 4.79 Å². The number of hydrogen-bond acceptors (Lipinski definition) is 3. The van der Waals surface area contributed by atoms with Gasteiger partial charge in [-0.05, 0) is 53.2 Å². The third kappa shape index (κ3) is 2.88. The fourth-order valence-electron chi connectivity index (χ4n) is 2.55. The molecule has 0 radical (unpaired) electrons. The summed E-state index contributed by atoms with van der Waals surface area (Å²) in [7, 11) is 3.40. The van der Waals surface area contributed by atoms with Gasteiger partial charge in [0.15, 0.2) is 0 Å². The third-order valence-corrected chi connectivity index (χ3v) is 4.26. The summed E-state index contributed by atoms with van der Waals surface area (Å²) >= 11 is 3.36. The van der Waals surface area contributed by atoms with Crippen LogP contribution in [0.1, 0.15) is 18.4 Å². The average Bonchev–Trinajstić information content (AvgIpc) is 3.27. The molecule has 0 saturated heterocycles. The number of rotatable bonds is 4. The van der Waals surface area contributed by atoms with Crippen LogP contribution in [0, 0.1) is 5.92 Å². The van der Waals surface area contributed by atoms with Crippen LogP contribution in [0.4, 0.5) is 0 Å². The van der Waals surface area contributed by atoms with Crippen LogP contribution in [-0.2, 0) is 13.5 Å². The molecule has 2 aromatic heterocycles. The first-order valence-electron chi connectivity index (χ1n) is 6.98. The van der Waals surface area contributed by atoms with Gasteiger partial charge in [-0.1, -0.05) is 0 Å². The predicted molar refractivity (Wildman–Crippen MR) is 85.6 cm³/mol. The summed E-state index contributed by atoms with van der Waals surface area (Å²) in [6.07, 6.45) is 7.07. The normalized spacial score (nSPS) is 14.2. The second-order valence-electron chi connectivity index (χ2n) is 5.49. The Balaban J connectivity index is 2.18. The third-order valence-electron chi connectivity index (χ3n) is 3.80. The maximum absolute atomic E-state index is 12.5. The molecule has 0 amide bonds. The van der Waals surface area contributed by atoms with Crippen molar-refractivity contribution in [3.8, 4) is 17.0 Å². The Morgan fingerprint density at radius 1 is 1.43 bits per heavy atom. The van der Waals surface area contributed by atoms with Crippen LogP contribution in [0.3, 0.4) is 0 Å². The monoisotopic (exact) mass is 348 g/mol. The van der Waals surface area contributed by atoms with E-state index in [1.165, 1.54) is 12.8 Å². The van der Waals surface area contributed by atoms with Crippen molar-refractivity contribution < 1.29 is 4.74 Å². The van der Waals surface area contributed by atoms with E-state index >= 15 is 0 Å². The standard InChI is InChI=1S/C16H17BrN2O2/c1-19-9-11(7-10-3-4-10)15(21-2)14(16(19)20)13-6-5-12(17)8-18-13/h5-6,8-10H,3-4,7H2,1-2H3. The van der Waals surface area contributed by atoms with Gasteiger partial charge in [-0.25, -0.2) is 0 Å². The lowest BCUT2D eigenvalue weighted by Gasteiger charge is -2.14. The molecule has 0 unspecified atom stereocenters. The Morgan fingerprint density at radius 2 is 2.19 bits per heavy atom. The molecule has 2 aromatic rings. The molecule has 3 rings (SSSR count). The number of hydrogen-bond donors (Lipinski definition) is 0. The highest BCUT2D eigenvalue weighted by Crippen LogP contribution is 2.37. The van der Waals surface area contributed by atoms with E-state index in [0.717, 1.165) is 22.4 Å². The second kappa shape index (κ2) is 5.64. The summed E-state index contributed by atoms with van der Waals surface area (Å²) in [4.78, 5) is 16.9. The van der Waals surface area contributed by atoms with E-state index in [4.69, 9.17) is 4.74 Å². The maximum Gasteiger partial charge on any atom is 0.263 e. The van der Waals surface area contributed by atoms with E-state index < -0.39 is 0 Å². The van der Waals surface area contributed by atoms with Gasteiger partial charge in [-0.2, -0.15) is 0 Å². The molecule has 21 heavy (non-hydrogen) atoms. The van der Waals surface area contributed by atoms with Crippen molar-refractivity contribution in [3.05, 3.63) is 44.9 Å². The van der Waals surface area contributed by atoms with Gasteiger partial charge in [-0.3, -0.25) is 9.78 Å². The summed E-state index contributed by atoms with van der Waals surface area (Å²) in [5.74, 6) is 1.39. The van der Waals surface area contributed by atoms with E-state index in [1.807, 2.05) is 18.3 Å². The van der Waals surface area contributed by atoms with Crippen molar-refractivity contribution in [2.45, 2.75) is 19.3 Å². The lowest BCUT2D eigenvalue weighted by molar-refractivity contribution is 0.408. The first-order chi connectivity index (χ1) is 10.1. The molecule has 1 aliphatic rings. The number of aryl methyl sites for hydroxylation is 1. The lowest BCUT2D eigenvalue weighted by Crippen LogP contribution is -2.21. The van der Waals surface area contributed by atoms with E-state index in [2.05, 4.69) is 20.9 Å². The van der Waals surface area contributed by atoms with Crippen LogP contribution >= 0.6 is 15.9 Å². The number of methoxy groups -OCH3 is 1. The van der Waals surface area contributed by atoms with Crippen LogP contribution < -0.4 is 10.3 Å². The van der Waals surface area contributed by atoms with Crippen LogP contribution in [0.15, 0.2) is 33.8 Å². The number of aromatic nitrogens is 2. The fraction of sp³-hybridized carbons (Fsp3) is 0.375. The first-order valence-corrected chi connectivity index (χ1v) is 7.78. The number of nitrogens with zero attached hydrogens (tertiary/aromatic N) is 2. The highest BCUT2D eigenvalue weighted by molar-refractivity contribution is 9.10. The fourth-order valence-corrected chi connectivity index (χ4v) is 2.78. The Bertz CT molecular complexity index is 718.